The predicted molar refractivity (Wildman–Crippen MR) is 65.7 cm³/mol. The number of carbonyl (C=O) groups excluding carboxylic acids is 1. The van der Waals surface area contributed by atoms with Gasteiger partial charge in [0.1, 0.15) is 19.3 Å². The van der Waals surface area contributed by atoms with Crippen LogP contribution < -0.4 is 15.2 Å². The first-order valence-corrected chi connectivity index (χ1v) is 6.17. The first-order valence-electron chi connectivity index (χ1n) is 6.17. The largest absolute Gasteiger partial charge is 0.486 e. The van der Waals surface area contributed by atoms with Crippen LogP contribution in [0.3, 0.4) is 0 Å². The predicted octanol–water partition coefficient (Wildman–Crippen LogP) is 0.170. The van der Waals surface area contributed by atoms with E-state index in [1.54, 1.807) is 4.90 Å². The first kappa shape index (κ1) is 11.3. The summed E-state index contributed by atoms with van der Waals surface area (Å²) in [7, 11) is 0. The van der Waals surface area contributed by atoms with E-state index >= 15 is 0 Å². The molecule has 1 amide bonds. The highest BCUT2D eigenvalue weighted by Gasteiger charge is 2.32. The molecule has 0 radical (unpaired) electrons. The van der Waals surface area contributed by atoms with Gasteiger partial charge in [0.2, 0.25) is 5.91 Å². The molecular formula is C13H16N2O3. The Morgan fingerprint density at radius 1 is 1.28 bits per heavy atom. The second-order valence-corrected chi connectivity index (χ2v) is 4.62. The minimum Gasteiger partial charge on any atom is -0.486 e. The fourth-order valence-electron chi connectivity index (χ4n) is 2.24. The van der Waals surface area contributed by atoms with Gasteiger partial charge >= 0.3 is 0 Å². The van der Waals surface area contributed by atoms with Gasteiger partial charge in [0, 0.05) is 13.1 Å². The quantitative estimate of drug-likeness (QED) is 0.774. The number of nitrogens with two attached hydrogens (primary N) is 1. The summed E-state index contributed by atoms with van der Waals surface area (Å²) in [6.45, 7) is 2.58. The monoisotopic (exact) mass is 248 g/mol. The summed E-state index contributed by atoms with van der Waals surface area (Å²) in [5.74, 6) is 1.64. The Bertz CT molecular complexity index is 475. The molecule has 2 N–H and O–H groups in total. The van der Waals surface area contributed by atoms with Crippen LogP contribution in [0.15, 0.2) is 18.2 Å². The Balaban J connectivity index is 1.61. The van der Waals surface area contributed by atoms with Crippen LogP contribution in [0.4, 0.5) is 0 Å². The molecule has 0 bridgehead atoms. The molecule has 1 atom stereocenters. The Kier molecular flexibility index (Phi) is 2.83. The van der Waals surface area contributed by atoms with Crippen molar-refractivity contribution in [1.82, 2.24) is 4.90 Å². The molecule has 18 heavy (non-hydrogen) atoms. The Labute approximate surface area is 105 Å². The number of hydrogen-bond acceptors (Lipinski definition) is 4. The molecule has 0 saturated carbocycles. The SMILES string of the molecule is NC1CN(CCc2ccc3c(c2)OCCO3)C1=O. The highest BCUT2D eigenvalue weighted by Crippen LogP contribution is 2.30. The lowest BCUT2D eigenvalue weighted by Crippen LogP contribution is -2.61. The van der Waals surface area contributed by atoms with E-state index in [9.17, 15) is 4.79 Å². The molecule has 2 aliphatic heterocycles. The zero-order chi connectivity index (χ0) is 12.5. The second kappa shape index (κ2) is 4.49. The van der Waals surface area contributed by atoms with Gasteiger partial charge in [0.15, 0.2) is 11.5 Å². The van der Waals surface area contributed by atoms with Gasteiger partial charge in [0.25, 0.3) is 0 Å². The van der Waals surface area contributed by atoms with Gasteiger partial charge in [-0.15, -0.1) is 0 Å². The molecule has 0 spiro atoms. The molecule has 1 fully saturated rings. The molecule has 1 saturated heterocycles. The molecule has 0 aliphatic carbocycles. The van der Waals surface area contributed by atoms with Crippen LogP contribution >= 0.6 is 0 Å². The second-order valence-electron chi connectivity index (χ2n) is 4.62. The lowest BCUT2D eigenvalue weighted by molar-refractivity contribution is -0.142. The summed E-state index contributed by atoms with van der Waals surface area (Å²) in [6, 6.07) is 5.63. The molecule has 5 heteroatoms. The molecule has 96 valence electrons. The number of ether oxygens (including phenoxy) is 2. The first-order chi connectivity index (χ1) is 8.74. The van der Waals surface area contributed by atoms with E-state index in [0.29, 0.717) is 26.3 Å². The van der Waals surface area contributed by atoms with E-state index < -0.39 is 0 Å². The summed E-state index contributed by atoms with van der Waals surface area (Å²) in [4.78, 5) is 13.2. The van der Waals surface area contributed by atoms with E-state index in [2.05, 4.69) is 0 Å². The lowest BCUT2D eigenvalue weighted by Gasteiger charge is -2.36. The maximum atomic E-state index is 11.4. The topological polar surface area (TPSA) is 64.8 Å². The zero-order valence-electron chi connectivity index (χ0n) is 10.1. The third-order valence-corrected chi connectivity index (χ3v) is 3.32. The molecule has 2 aliphatic rings. The molecule has 5 nitrogen and oxygen atoms in total. The number of fused-ring (bicyclic) bond motifs is 1. The van der Waals surface area contributed by atoms with Crippen molar-refractivity contribution in [3.63, 3.8) is 0 Å². The van der Waals surface area contributed by atoms with Gasteiger partial charge < -0.3 is 20.1 Å². The van der Waals surface area contributed by atoms with Crippen LogP contribution in [0.1, 0.15) is 5.56 Å². The third kappa shape index (κ3) is 2.01. The van der Waals surface area contributed by atoms with Crippen molar-refractivity contribution in [2.75, 3.05) is 26.3 Å². The van der Waals surface area contributed by atoms with Crippen LogP contribution in [-0.2, 0) is 11.2 Å². The van der Waals surface area contributed by atoms with Crippen molar-refractivity contribution in [3.05, 3.63) is 23.8 Å². The summed E-state index contributed by atoms with van der Waals surface area (Å²) in [6.07, 6.45) is 0.815. The van der Waals surface area contributed by atoms with Crippen LogP contribution in [-0.4, -0.2) is 43.2 Å². The Morgan fingerprint density at radius 2 is 2.06 bits per heavy atom. The molecule has 2 heterocycles. The van der Waals surface area contributed by atoms with E-state index in [0.717, 1.165) is 23.5 Å². The van der Waals surface area contributed by atoms with E-state index in [-0.39, 0.29) is 11.9 Å². The highest BCUT2D eigenvalue weighted by atomic mass is 16.6. The summed E-state index contributed by atoms with van der Waals surface area (Å²) in [5.41, 5.74) is 6.69. The van der Waals surface area contributed by atoms with Crippen molar-refractivity contribution < 1.29 is 14.3 Å². The average Bonchev–Trinajstić information content (AvgIpc) is 2.42. The number of benzene rings is 1. The average molecular weight is 248 g/mol. The molecule has 3 rings (SSSR count). The summed E-state index contributed by atoms with van der Waals surface area (Å²) in [5, 5.41) is 0. The minimum absolute atomic E-state index is 0.0487. The zero-order valence-corrected chi connectivity index (χ0v) is 10.1. The van der Waals surface area contributed by atoms with Crippen LogP contribution in [0.2, 0.25) is 0 Å². The summed E-state index contributed by atoms with van der Waals surface area (Å²) >= 11 is 0. The fraction of sp³-hybridized carbons (Fsp3) is 0.462. The van der Waals surface area contributed by atoms with Gasteiger partial charge in [-0.05, 0) is 24.1 Å². The standard InChI is InChI=1S/C13H16N2O3/c14-10-8-15(13(10)16)4-3-9-1-2-11-12(7-9)18-6-5-17-11/h1-2,7,10H,3-6,8,14H2. The van der Waals surface area contributed by atoms with Gasteiger partial charge in [0.05, 0.1) is 0 Å². The van der Waals surface area contributed by atoms with E-state index in [4.69, 9.17) is 15.2 Å². The number of hydrogen-bond donors (Lipinski definition) is 1. The van der Waals surface area contributed by atoms with Gasteiger partial charge in [-0.2, -0.15) is 0 Å². The number of nitrogens with zero attached hydrogens (tertiary/aromatic N) is 1. The van der Waals surface area contributed by atoms with Crippen molar-refractivity contribution in [2.45, 2.75) is 12.5 Å². The van der Waals surface area contributed by atoms with Crippen molar-refractivity contribution in [2.24, 2.45) is 5.73 Å². The third-order valence-electron chi connectivity index (χ3n) is 3.32. The normalized spacial score (nSPS) is 21.7. The summed E-state index contributed by atoms with van der Waals surface area (Å²) < 4.78 is 11.0. The van der Waals surface area contributed by atoms with Gasteiger partial charge in [-0.25, -0.2) is 0 Å². The molecule has 1 unspecified atom stereocenters. The van der Waals surface area contributed by atoms with Crippen molar-refractivity contribution in [3.8, 4) is 11.5 Å². The Hall–Kier alpha value is -1.75. The van der Waals surface area contributed by atoms with Crippen molar-refractivity contribution in [1.29, 1.82) is 0 Å². The van der Waals surface area contributed by atoms with E-state index in [1.807, 2.05) is 18.2 Å². The maximum absolute atomic E-state index is 11.4. The van der Waals surface area contributed by atoms with Crippen LogP contribution in [0, 0.1) is 0 Å². The number of β-lactam (4-membered cyclic amide) rings is 1. The smallest absolute Gasteiger partial charge is 0.241 e. The number of carbonyl (C=O) groups is 1. The van der Waals surface area contributed by atoms with Crippen LogP contribution in [0.25, 0.3) is 0 Å². The molecule has 0 aromatic heterocycles. The van der Waals surface area contributed by atoms with Gasteiger partial charge in [-0.3, -0.25) is 4.79 Å². The minimum atomic E-state index is -0.287. The maximum Gasteiger partial charge on any atom is 0.241 e. The van der Waals surface area contributed by atoms with E-state index in [1.165, 1.54) is 0 Å². The Morgan fingerprint density at radius 3 is 2.78 bits per heavy atom. The highest BCUT2D eigenvalue weighted by molar-refractivity contribution is 5.87. The molecule has 1 aromatic carbocycles. The number of rotatable bonds is 3. The molecule has 1 aromatic rings. The van der Waals surface area contributed by atoms with Crippen LogP contribution in [0.5, 0.6) is 11.5 Å². The number of amides is 1. The fourth-order valence-corrected chi connectivity index (χ4v) is 2.24. The van der Waals surface area contributed by atoms with Crippen molar-refractivity contribution >= 4 is 5.91 Å². The molecular weight excluding hydrogens is 232 g/mol. The van der Waals surface area contributed by atoms with Gasteiger partial charge in [-0.1, -0.05) is 6.07 Å². The lowest BCUT2D eigenvalue weighted by atomic mass is 10.1. The number of likely N-dealkylation sites (tertiary alicyclic amines) is 1.